The van der Waals surface area contributed by atoms with E-state index < -0.39 is 5.97 Å². The predicted molar refractivity (Wildman–Crippen MR) is 61.3 cm³/mol. The Bertz CT molecular complexity index is 602. The second-order valence-electron chi connectivity index (χ2n) is 3.70. The number of β-lactam (4-membered cyclic amide) rings is 1. The molecule has 19 heavy (non-hydrogen) atoms. The van der Waals surface area contributed by atoms with Crippen LogP contribution < -0.4 is 34.7 Å². The van der Waals surface area contributed by atoms with E-state index in [1.807, 2.05) is 0 Å². The van der Waals surface area contributed by atoms with Gasteiger partial charge < -0.3 is 9.90 Å². The predicted octanol–water partition coefficient (Wildman–Crippen LogP) is -3.63. The second-order valence-corrected chi connectivity index (χ2v) is 4.66. The first-order chi connectivity index (χ1) is 8.68. The smallest absolute Gasteiger partial charge is 0.543 e. The van der Waals surface area contributed by atoms with Crippen molar-refractivity contribution in [2.45, 2.75) is 5.37 Å². The molecular formula is C11H6N3NaO3S. The zero-order valence-corrected chi connectivity index (χ0v) is 12.8. The summed E-state index contributed by atoms with van der Waals surface area (Å²) in [6.07, 6.45) is 3.16. The van der Waals surface area contributed by atoms with Gasteiger partial charge in [0.2, 0.25) is 0 Å². The number of carboxylic acids is 1. The van der Waals surface area contributed by atoms with Gasteiger partial charge in [0.25, 0.3) is 5.91 Å². The van der Waals surface area contributed by atoms with Crippen molar-refractivity contribution < 1.29 is 44.3 Å². The fourth-order valence-corrected chi connectivity index (χ4v) is 2.92. The molecular weight excluding hydrogens is 277 g/mol. The normalized spacial score (nSPS) is 22.4. The topological polar surface area (TPSA) is 86.2 Å². The van der Waals surface area contributed by atoms with E-state index in [0.717, 1.165) is 0 Å². The Morgan fingerprint density at radius 3 is 2.95 bits per heavy atom. The summed E-state index contributed by atoms with van der Waals surface area (Å²) >= 11 is 1.27. The van der Waals surface area contributed by atoms with E-state index in [2.05, 4.69) is 10.2 Å². The first-order valence-corrected chi connectivity index (χ1v) is 6.02. The zero-order chi connectivity index (χ0) is 12.7. The summed E-state index contributed by atoms with van der Waals surface area (Å²) in [5.74, 6) is -1.66. The molecule has 2 aliphatic heterocycles. The number of nitrogens with zero attached hydrogens (tertiary/aromatic N) is 3. The Morgan fingerprint density at radius 1 is 1.53 bits per heavy atom. The molecule has 3 rings (SSSR count). The number of fused-ring (bicyclic) bond motifs is 1. The minimum atomic E-state index is -1.34. The molecule has 3 heterocycles. The number of hydrogen-bond donors (Lipinski definition) is 0. The third-order valence-corrected chi connectivity index (χ3v) is 3.72. The van der Waals surface area contributed by atoms with Gasteiger partial charge in [-0.15, -0.1) is 11.8 Å². The van der Waals surface area contributed by atoms with Gasteiger partial charge in [0.15, 0.2) is 0 Å². The van der Waals surface area contributed by atoms with Crippen LogP contribution in [0.1, 0.15) is 5.69 Å². The van der Waals surface area contributed by atoms with Crippen LogP contribution in [0.4, 0.5) is 0 Å². The van der Waals surface area contributed by atoms with Crippen molar-refractivity contribution in [3.63, 3.8) is 0 Å². The van der Waals surface area contributed by atoms with Crippen molar-refractivity contribution in [2.24, 2.45) is 0 Å². The molecule has 0 spiro atoms. The van der Waals surface area contributed by atoms with Crippen LogP contribution in [0.5, 0.6) is 0 Å². The quantitative estimate of drug-likeness (QED) is 0.316. The van der Waals surface area contributed by atoms with Gasteiger partial charge in [-0.25, -0.2) is 0 Å². The van der Waals surface area contributed by atoms with Gasteiger partial charge in [0.05, 0.1) is 22.9 Å². The van der Waals surface area contributed by atoms with Gasteiger partial charge >= 0.3 is 29.6 Å². The van der Waals surface area contributed by atoms with Crippen molar-refractivity contribution in [3.05, 3.63) is 40.7 Å². The fraction of sp³-hybridized carbons (Fsp3) is 0.0909. The molecule has 0 bridgehead atoms. The number of aliphatic carboxylic acids is 1. The average molecular weight is 283 g/mol. The van der Waals surface area contributed by atoms with Crippen LogP contribution in [0.25, 0.3) is 6.08 Å². The van der Waals surface area contributed by atoms with Crippen molar-refractivity contribution in [3.8, 4) is 0 Å². The number of amides is 1. The molecule has 1 amide bonds. The Kier molecular flexibility index (Phi) is 4.10. The van der Waals surface area contributed by atoms with E-state index in [1.54, 1.807) is 18.2 Å². The monoisotopic (exact) mass is 283 g/mol. The van der Waals surface area contributed by atoms with Gasteiger partial charge in [-0.3, -0.25) is 9.69 Å². The summed E-state index contributed by atoms with van der Waals surface area (Å²) in [7, 11) is 0. The molecule has 6 nitrogen and oxygen atoms in total. The van der Waals surface area contributed by atoms with Crippen LogP contribution in [0.3, 0.4) is 0 Å². The molecule has 0 saturated carbocycles. The van der Waals surface area contributed by atoms with Crippen molar-refractivity contribution in [2.75, 3.05) is 0 Å². The van der Waals surface area contributed by atoms with E-state index in [9.17, 15) is 14.7 Å². The number of thioether (sulfide) groups is 1. The number of carbonyl (C=O) groups excluding carboxylic acids is 2. The first kappa shape index (κ1) is 14.3. The van der Waals surface area contributed by atoms with Crippen molar-refractivity contribution in [1.29, 1.82) is 0 Å². The Balaban J connectivity index is 0.00000133. The van der Waals surface area contributed by atoms with Gasteiger partial charge in [-0.2, -0.15) is 10.2 Å². The minimum absolute atomic E-state index is 0. The molecule has 1 saturated heterocycles. The third-order valence-electron chi connectivity index (χ3n) is 2.64. The van der Waals surface area contributed by atoms with E-state index in [0.29, 0.717) is 11.3 Å². The van der Waals surface area contributed by atoms with Gasteiger partial charge in [0.1, 0.15) is 5.37 Å². The SMILES string of the molecule is O=C([O-])C1=CSC2/C(=C\c3cccnn3)C(=O)N12.[Na+]. The summed E-state index contributed by atoms with van der Waals surface area (Å²) in [5.41, 5.74) is 1.02. The first-order valence-electron chi connectivity index (χ1n) is 5.08. The van der Waals surface area contributed by atoms with Crippen molar-refractivity contribution >= 4 is 29.7 Å². The third kappa shape index (κ3) is 2.34. The molecule has 2 aliphatic rings. The summed E-state index contributed by atoms with van der Waals surface area (Å²) in [5, 5.41) is 19.5. The summed E-state index contributed by atoms with van der Waals surface area (Å²) in [6, 6.07) is 3.44. The number of carboxylic acid groups (broad SMARTS) is 1. The Morgan fingerprint density at radius 2 is 2.32 bits per heavy atom. The van der Waals surface area contributed by atoms with E-state index >= 15 is 0 Å². The van der Waals surface area contributed by atoms with Gasteiger partial charge in [0, 0.05) is 6.20 Å². The van der Waals surface area contributed by atoms with E-state index in [1.165, 1.54) is 28.3 Å². The molecule has 1 aromatic rings. The summed E-state index contributed by atoms with van der Waals surface area (Å²) in [6.45, 7) is 0. The molecule has 90 valence electrons. The molecule has 1 aromatic heterocycles. The number of aromatic nitrogens is 2. The standard InChI is InChI=1S/C11H7N3O3S.Na/c15-9-7(4-6-2-1-3-12-13-6)10-14(9)8(5-18-10)11(16)17;/h1-5,10H,(H,16,17);/q;+1/p-1/b7-4-;. The molecule has 0 radical (unpaired) electrons. The minimum Gasteiger partial charge on any atom is -0.543 e. The number of carbonyl (C=O) groups is 2. The molecule has 1 fully saturated rings. The Hall–Kier alpha value is -1.15. The summed E-state index contributed by atoms with van der Waals surface area (Å²) < 4.78 is 0. The number of hydrogen-bond acceptors (Lipinski definition) is 6. The Labute approximate surface area is 134 Å². The molecule has 8 heteroatoms. The maximum Gasteiger partial charge on any atom is 1.00 e. The van der Waals surface area contributed by atoms with Gasteiger partial charge in [-0.05, 0) is 23.6 Å². The molecule has 1 atom stereocenters. The zero-order valence-electron chi connectivity index (χ0n) is 9.94. The van der Waals surface area contributed by atoms with Crippen molar-refractivity contribution in [1.82, 2.24) is 15.1 Å². The van der Waals surface area contributed by atoms with Crippen LogP contribution in [-0.2, 0) is 9.59 Å². The fourth-order valence-electron chi connectivity index (χ4n) is 1.81. The summed E-state index contributed by atoms with van der Waals surface area (Å²) in [4.78, 5) is 23.8. The maximum absolute atomic E-state index is 11.8. The second kappa shape index (κ2) is 5.46. The molecule has 0 N–H and O–H groups in total. The van der Waals surface area contributed by atoms with Crippen LogP contribution in [0.2, 0.25) is 0 Å². The molecule has 1 unspecified atom stereocenters. The van der Waals surface area contributed by atoms with Crippen LogP contribution in [-0.4, -0.2) is 32.3 Å². The molecule has 0 aliphatic carbocycles. The van der Waals surface area contributed by atoms with E-state index in [-0.39, 0.29) is 46.5 Å². The molecule has 0 aromatic carbocycles. The average Bonchev–Trinajstić information content (AvgIpc) is 2.77. The maximum atomic E-state index is 11.8. The van der Waals surface area contributed by atoms with Gasteiger partial charge in [-0.1, -0.05) is 0 Å². The van der Waals surface area contributed by atoms with E-state index in [4.69, 9.17) is 0 Å². The van der Waals surface area contributed by atoms with Crippen LogP contribution in [0, 0.1) is 0 Å². The van der Waals surface area contributed by atoms with Crippen LogP contribution >= 0.6 is 11.8 Å². The number of rotatable bonds is 2. The van der Waals surface area contributed by atoms with Crippen LogP contribution in [0.15, 0.2) is 35.0 Å². The largest absolute Gasteiger partial charge is 1.00 e.